The Morgan fingerprint density at radius 2 is 1.67 bits per heavy atom. The first kappa shape index (κ1) is 16.0. The fraction of sp³-hybridized carbons (Fsp3) is 0.750. The minimum atomic E-state index is 0.377. The van der Waals surface area contributed by atoms with Gasteiger partial charge in [0.15, 0.2) is 0 Å². The number of aromatic nitrogens is 2. The lowest BCUT2D eigenvalue weighted by molar-refractivity contribution is 0.457. The predicted molar refractivity (Wildman–Crippen MR) is 88.1 cm³/mol. The number of rotatable bonds is 6. The van der Waals surface area contributed by atoms with Gasteiger partial charge in [0.25, 0.3) is 0 Å². The molecule has 1 aromatic rings. The molecule has 1 saturated carbocycles. The van der Waals surface area contributed by atoms with Crippen LogP contribution < -0.4 is 16.6 Å². The van der Waals surface area contributed by atoms with E-state index >= 15 is 0 Å². The maximum Gasteiger partial charge on any atom is 0.148 e. The van der Waals surface area contributed by atoms with E-state index in [1.807, 2.05) is 6.92 Å². The Morgan fingerprint density at radius 3 is 2.14 bits per heavy atom. The zero-order chi connectivity index (χ0) is 15.8. The van der Waals surface area contributed by atoms with Crippen LogP contribution in [-0.4, -0.2) is 16.5 Å². The SMILES string of the molecule is CCCc1nc(NN)c(C)c(NCC2C(C)(C)C2(C)C)n1. The average Bonchev–Trinajstić information content (AvgIpc) is 2.80. The van der Waals surface area contributed by atoms with Crippen molar-refractivity contribution in [1.82, 2.24) is 9.97 Å². The lowest BCUT2D eigenvalue weighted by Crippen LogP contribution is -2.16. The molecule has 0 aromatic carbocycles. The van der Waals surface area contributed by atoms with Gasteiger partial charge in [-0.25, -0.2) is 15.8 Å². The van der Waals surface area contributed by atoms with Crippen molar-refractivity contribution in [3.63, 3.8) is 0 Å². The Hall–Kier alpha value is -1.36. The smallest absolute Gasteiger partial charge is 0.148 e. The third-order valence-electron chi connectivity index (χ3n) is 5.60. The van der Waals surface area contributed by atoms with Gasteiger partial charge < -0.3 is 10.7 Å². The van der Waals surface area contributed by atoms with Gasteiger partial charge in [-0.3, -0.25) is 0 Å². The summed E-state index contributed by atoms with van der Waals surface area (Å²) in [4.78, 5) is 9.10. The van der Waals surface area contributed by atoms with E-state index in [1.165, 1.54) is 0 Å². The Kier molecular flexibility index (Phi) is 4.15. The quantitative estimate of drug-likeness (QED) is 0.554. The van der Waals surface area contributed by atoms with Crippen molar-refractivity contribution in [2.24, 2.45) is 22.6 Å². The maximum atomic E-state index is 5.57. The standard InChI is InChI=1S/C16H29N5/c1-7-8-12-19-13(10(2)14(20-12)21-17)18-9-11-15(3,4)16(11,5)6/h11H,7-9,17H2,1-6H3,(H2,18,19,20,21). The van der Waals surface area contributed by atoms with E-state index in [0.29, 0.717) is 22.6 Å². The third kappa shape index (κ3) is 2.71. The van der Waals surface area contributed by atoms with Gasteiger partial charge in [0.1, 0.15) is 17.5 Å². The van der Waals surface area contributed by atoms with Crippen LogP contribution in [0.3, 0.4) is 0 Å². The molecule has 0 amide bonds. The highest BCUT2D eigenvalue weighted by atomic mass is 15.3. The van der Waals surface area contributed by atoms with Gasteiger partial charge in [-0.1, -0.05) is 34.6 Å². The molecule has 0 saturated heterocycles. The van der Waals surface area contributed by atoms with Crippen molar-refractivity contribution in [2.75, 3.05) is 17.3 Å². The van der Waals surface area contributed by atoms with Crippen LogP contribution in [0, 0.1) is 23.7 Å². The molecule has 4 N–H and O–H groups in total. The number of hydrogen-bond acceptors (Lipinski definition) is 5. The number of nitrogens with two attached hydrogens (primary N) is 1. The van der Waals surface area contributed by atoms with E-state index in [9.17, 15) is 0 Å². The Bertz CT molecular complexity index is 508. The van der Waals surface area contributed by atoms with Crippen molar-refractivity contribution in [1.29, 1.82) is 0 Å². The van der Waals surface area contributed by atoms with E-state index in [4.69, 9.17) is 5.84 Å². The number of hydrogen-bond donors (Lipinski definition) is 3. The van der Waals surface area contributed by atoms with Crippen molar-refractivity contribution in [2.45, 2.75) is 54.4 Å². The van der Waals surface area contributed by atoms with Crippen molar-refractivity contribution >= 4 is 11.6 Å². The van der Waals surface area contributed by atoms with E-state index in [0.717, 1.165) is 36.6 Å². The molecule has 0 unspecified atom stereocenters. The normalized spacial score (nSPS) is 19.4. The summed E-state index contributed by atoms with van der Waals surface area (Å²) in [5.41, 5.74) is 4.41. The number of hydrazine groups is 1. The summed E-state index contributed by atoms with van der Waals surface area (Å²) < 4.78 is 0. The number of nitrogens with one attached hydrogen (secondary N) is 2. The van der Waals surface area contributed by atoms with Crippen LogP contribution >= 0.6 is 0 Å². The molecule has 0 atom stereocenters. The molecular weight excluding hydrogens is 262 g/mol. The zero-order valence-electron chi connectivity index (χ0n) is 14.2. The molecule has 1 aliphatic rings. The lowest BCUT2D eigenvalue weighted by Gasteiger charge is -2.14. The number of aryl methyl sites for hydroxylation is 1. The van der Waals surface area contributed by atoms with Crippen LogP contribution in [0.2, 0.25) is 0 Å². The molecule has 1 heterocycles. The molecule has 1 aliphatic carbocycles. The molecule has 118 valence electrons. The van der Waals surface area contributed by atoms with Crippen LogP contribution in [0.25, 0.3) is 0 Å². The topological polar surface area (TPSA) is 75.9 Å². The highest BCUT2D eigenvalue weighted by molar-refractivity contribution is 5.56. The molecular formula is C16H29N5. The summed E-state index contributed by atoms with van der Waals surface area (Å²) in [6.07, 6.45) is 1.89. The number of nitrogen functional groups attached to an aromatic ring is 1. The van der Waals surface area contributed by atoms with Crippen LogP contribution in [0.1, 0.15) is 52.4 Å². The van der Waals surface area contributed by atoms with Crippen LogP contribution in [-0.2, 0) is 6.42 Å². The fourth-order valence-corrected chi connectivity index (χ4v) is 3.25. The molecule has 0 radical (unpaired) electrons. The summed E-state index contributed by atoms with van der Waals surface area (Å²) in [5.74, 6) is 8.68. The average molecular weight is 291 g/mol. The second-order valence-corrected chi connectivity index (χ2v) is 7.23. The van der Waals surface area contributed by atoms with E-state index < -0.39 is 0 Å². The molecule has 1 fully saturated rings. The predicted octanol–water partition coefficient (Wildman–Crippen LogP) is 3.12. The molecule has 0 aliphatic heterocycles. The lowest BCUT2D eigenvalue weighted by atomic mass is 10.0. The van der Waals surface area contributed by atoms with Crippen molar-refractivity contribution in [3.8, 4) is 0 Å². The largest absolute Gasteiger partial charge is 0.369 e. The third-order valence-corrected chi connectivity index (χ3v) is 5.60. The summed E-state index contributed by atoms with van der Waals surface area (Å²) >= 11 is 0. The van der Waals surface area contributed by atoms with Gasteiger partial charge in [0, 0.05) is 18.5 Å². The van der Waals surface area contributed by atoms with Crippen molar-refractivity contribution < 1.29 is 0 Å². The van der Waals surface area contributed by atoms with E-state index in [2.05, 4.69) is 55.3 Å². The number of anilines is 2. The van der Waals surface area contributed by atoms with Crippen molar-refractivity contribution in [3.05, 3.63) is 11.4 Å². The summed E-state index contributed by atoms with van der Waals surface area (Å²) in [6.45, 7) is 14.4. The Labute approximate surface area is 128 Å². The molecule has 1 aromatic heterocycles. The Morgan fingerprint density at radius 1 is 1.10 bits per heavy atom. The van der Waals surface area contributed by atoms with Gasteiger partial charge in [0.05, 0.1) is 0 Å². The molecule has 5 heteroatoms. The first-order valence-electron chi connectivity index (χ1n) is 7.83. The minimum absolute atomic E-state index is 0.377. The monoisotopic (exact) mass is 291 g/mol. The number of nitrogens with zero attached hydrogens (tertiary/aromatic N) is 2. The molecule has 0 bridgehead atoms. The molecule has 0 spiro atoms. The summed E-state index contributed by atoms with van der Waals surface area (Å²) in [7, 11) is 0. The van der Waals surface area contributed by atoms with Crippen LogP contribution in [0.4, 0.5) is 11.6 Å². The summed E-state index contributed by atoms with van der Waals surface area (Å²) in [5, 5.41) is 3.51. The summed E-state index contributed by atoms with van der Waals surface area (Å²) in [6, 6.07) is 0. The molecule has 2 rings (SSSR count). The first-order chi connectivity index (χ1) is 9.75. The first-order valence-corrected chi connectivity index (χ1v) is 7.83. The van der Waals surface area contributed by atoms with Gasteiger partial charge in [-0.2, -0.15) is 0 Å². The van der Waals surface area contributed by atoms with E-state index in [1.54, 1.807) is 0 Å². The zero-order valence-corrected chi connectivity index (χ0v) is 14.2. The fourth-order valence-electron chi connectivity index (χ4n) is 3.25. The van der Waals surface area contributed by atoms with Gasteiger partial charge in [-0.15, -0.1) is 0 Å². The molecule has 5 nitrogen and oxygen atoms in total. The van der Waals surface area contributed by atoms with E-state index in [-0.39, 0.29) is 0 Å². The minimum Gasteiger partial charge on any atom is -0.369 e. The highest BCUT2D eigenvalue weighted by Crippen LogP contribution is 2.68. The van der Waals surface area contributed by atoms with Gasteiger partial charge in [-0.05, 0) is 30.1 Å². The second kappa shape index (κ2) is 5.44. The van der Waals surface area contributed by atoms with Gasteiger partial charge in [0.2, 0.25) is 0 Å². The molecule has 21 heavy (non-hydrogen) atoms. The van der Waals surface area contributed by atoms with Crippen LogP contribution in [0.5, 0.6) is 0 Å². The highest BCUT2D eigenvalue weighted by Gasteiger charge is 2.64. The van der Waals surface area contributed by atoms with Crippen LogP contribution in [0.15, 0.2) is 0 Å². The maximum absolute atomic E-state index is 5.57. The Balaban J connectivity index is 2.14. The second-order valence-electron chi connectivity index (χ2n) is 7.23. The van der Waals surface area contributed by atoms with Gasteiger partial charge >= 0.3 is 0 Å².